The highest BCUT2D eigenvalue weighted by molar-refractivity contribution is 5.78. The fraction of sp³-hybridized carbons (Fsp3) is 0.458. The Morgan fingerprint density at radius 2 is 1.76 bits per heavy atom. The molecule has 0 spiro atoms. The van der Waals surface area contributed by atoms with Gasteiger partial charge in [-0.25, -0.2) is 4.39 Å². The maximum Gasteiger partial charge on any atom is 0.223 e. The highest BCUT2D eigenvalue weighted by Crippen LogP contribution is 2.15. The van der Waals surface area contributed by atoms with E-state index < -0.39 is 0 Å². The van der Waals surface area contributed by atoms with Crippen molar-refractivity contribution in [3.8, 4) is 0 Å². The van der Waals surface area contributed by atoms with Crippen LogP contribution in [0.25, 0.3) is 0 Å². The van der Waals surface area contributed by atoms with Gasteiger partial charge < -0.3 is 10.1 Å². The molecule has 3 unspecified atom stereocenters. The molecular weight excluding hydrogens is 367 g/mol. The number of morpholine rings is 1. The van der Waals surface area contributed by atoms with Gasteiger partial charge in [-0.05, 0) is 49.1 Å². The van der Waals surface area contributed by atoms with Crippen LogP contribution in [0.5, 0.6) is 0 Å². The van der Waals surface area contributed by atoms with Gasteiger partial charge in [-0.2, -0.15) is 0 Å². The zero-order valence-corrected chi connectivity index (χ0v) is 17.5. The van der Waals surface area contributed by atoms with Crippen molar-refractivity contribution >= 4 is 5.91 Å². The fourth-order valence-electron chi connectivity index (χ4n) is 3.91. The van der Waals surface area contributed by atoms with Crippen LogP contribution < -0.4 is 5.32 Å². The van der Waals surface area contributed by atoms with E-state index in [0.717, 1.165) is 30.8 Å². The third-order valence-corrected chi connectivity index (χ3v) is 5.27. The Hall–Kier alpha value is -2.24. The second kappa shape index (κ2) is 9.99. The lowest BCUT2D eigenvalue weighted by atomic mass is 10.00. The molecule has 2 aromatic rings. The van der Waals surface area contributed by atoms with Crippen molar-refractivity contribution in [2.75, 3.05) is 13.1 Å². The van der Waals surface area contributed by atoms with E-state index in [1.165, 1.54) is 17.7 Å². The molecule has 1 fully saturated rings. The minimum absolute atomic E-state index is 0.0189. The average Bonchev–Trinajstić information content (AvgIpc) is 2.66. The number of nitrogens with zero attached hydrogens (tertiary/aromatic N) is 1. The minimum Gasteiger partial charge on any atom is -0.373 e. The molecule has 3 rings (SSSR count). The zero-order valence-electron chi connectivity index (χ0n) is 17.5. The Balaban J connectivity index is 1.46. The standard InChI is InChI=1S/C24H31FN2O2/c1-17(11-22-5-4-6-23(25)12-22)24(28)26-13-20-7-9-21(10-8-20)16-27-14-18(2)29-19(3)15-27/h4-10,12,17-19H,11,13-16H2,1-3H3,(H,26,28). The van der Waals surface area contributed by atoms with Crippen LogP contribution in [0, 0.1) is 11.7 Å². The summed E-state index contributed by atoms with van der Waals surface area (Å²) in [5.41, 5.74) is 3.17. The second-order valence-electron chi connectivity index (χ2n) is 8.22. The van der Waals surface area contributed by atoms with Crippen molar-refractivity contribution in [3.05, 3.63) is 71.0 Å². The molecule has 0 bridgehead atoms. The average molecular weight is 399 g/mol. The summed E-state index contributed by atoms with van der Waals surface area (Å²) in [4.78, 5) is 14.8. The van der Waals surface area contributed by atoms with E-state index in [9.17, 15) is 9.18 Å². The first-order valence-electron chi connectivity index (χ1n) is 10.4. The van der Waals surface area contributed by atoms with Crippen molar-refractivity contribution in [2.24, 2.45) is 5.92 Å². The molecule has 1 saturated heterocycles. The quantitative estimate of drug-likeness (QED) is 0.768. The highest BCUT2D eigenvalue weighted by Gasteiger charge is 2.22. The van der Waals surface area contributed by atoms with Gasteiger partial charge in [-0.15, -0.1) is 0 Å². The number of hydrogen-bond acceptors (Lipinski definition) is 3. The van der Waals surface area contributed by atoms with Crippen LogP contribution in [-0.4, -0.2) is 36.1 Å². The van der Waals surface area contributed by atoms with Gasteiger partial charge in [0.05, 0.1) is 12.2 Å². The second-order valence-corrected chi connectivity index (χ2v) is 8.22. The van der Waals surface area contributed by atoms with Crippen LogP contribution in [0.4, 0.5) is 4.39 Å². The fourth-order valence-corrected chi connectivity index (χ4v) is 3.91. The summed E-state index contributed by atoms with van der Waals surface area (Å²) in [6.45, 7) is 9.41. The molecule has 3 atom stereocenters. The number of amides is 1. The number of nitrogens with one attached hydrogen (secondary N) is 1. The maximum absolute atomic E-state index is 13.3. The lowest BCUT2D eigenvalue weighted by Gasteiger charge is -2.35. The third-order valence-electron chi connectivity index (χ3n) is 5.27. The molecule has 1 amide bonds. The van der Waals surface area contributed by atoms with Crippen molar-refractivity contribution in [1.82, 2.24) is 10.2 Å². The van der Waals surface area contributed by atoms with Gasteiger partial charge in [-0.1, -0.05) is 43.3 Å². The summed E-state index contributed by atoms with van der Waals surface area (Å²) in [6, 6.07) is 14.8. The molecule has 1 aliphatic heterocycles. The van der Waals surface area contributed by atoms with Gasteiger partial charge in [-0.3, -0.25) is 9.69 Å². The lowest BCUT2D eigenvalue weighted by Crippen LogP contribution is -2.44. The Kier molecular flexibility index (Phi) is 7.40. The van der Waals surface area contributed by atoms with Crippen molar-refractivity contribution < 1.29 is 13.9 Å². The molecule has 156 valence electrons. The van der Waals surface area contributed by atoms with Crippen molar-refractivity contribution in [2.45, 2.75) is 52.5 Å². The zero-order chi connectivity index (χ0) is 20.8. The Morgan fingerprint density at radius 1 is 1.10 bits per heavy atom. The topological polar surface area (TPSA) is 41.6 Å². The number of carbonyl (C=O) groups is 1. The number of ether oxygens (including phenoxy) is 1. The summed E-state index contributed by atoms with van der Waals surface area (Å²) in [6.07, 6.45) is 1.06. The molecule has 0 aliphatic carbocycles. The van der Waals surface area contributed by atoms with E-state index in [-0.39, 0.29) is 29.9 Å². The van der Waals surface area contributed by atoms with E-state index in [0.29, 0.717) is 13.0 Å². The molecule has 2 aromatic carbocycles. The summed E-state index contributed by atoms with van der Waals surface area (Å²) in [7, 11) is 0. The number of halogens is 1. The predicted octanol–water partition coefficient (Wildman–Crippen LogP) is 3.93. The maximum atomic E-state index is 13.3. The first kappa shape index (κ1) is 21.5. The Labute approximate surface area is 173 Å². The minimum atomic E-state index is -0.267. The van der Waals surface area contributed by atoms with Gasteiger partial charge in [0.1, 0.15) is 5.82 Å². The summed E-state index contributed by atoms with van der Waals surface area (Å²) < 4.78 is 19.1. The smallest absolute Gasteiger partial charge is 0.223 e. The summed E-state index contributed by atoms with van der Waals surface area (Å²) in [5, 5.41) is 2.99. The Morgan fingerprint density at radius 3 is 2.41 bits per heavy atom. The van der Waals surface area contributed by atoms with Crippen LogP contribution in [0.15, 0.2) is 48.5 Å². The highest BCUT2D eigenvalue weighted by atomic mass is 19.1. The van der Waals surface area contributed by atoms with E-state index in [1.807, 2.05) is 13.0 Å². The van der Waals surface area contributed by atoms with Gasteiger partial charge >= 0.3 is 0 Å². The van der Waals surface area contributed by atoms with Gasteiger partial charge in [0.2, 0.25) is 5.91 Å². The molecule has 1 aliphatic rings. The van der Waals surface area contributed by atoms with E-state index in [4.69, 9.17) is 4.74 Å². The molecular formula is C24H31FN2O2. The molecule has 1 N–H and O–H groups in total. The van der Waals surface area contributed by atoms with E-state index >= 15 is 0 Å². The van der Waals surface area contributed by atoms with Crippen molar-refractivity contribution in [1.29, 1.82) is 0 Å². The number of rotatable bonds is 7. The van der Waals surface area contributed by atoms with Gasteiger partial charge in [0, 0.05) is 32.1 Å². The molecule has 1 heterocycles. The molecule has 29 heavy (non-hydrogen) atoms. The number of benzene rings is 2. The van der Waals surface area contributed by atoms with Crippen LogP contribution >= 0.6 is 0 Å². The third kappa shape index (κ3) is 6.65. The van der Waals surface area contributed by atoms with Crippen LogP contribution in [0.3, 0.4) is 0 Å². The molecule has 0 radical (unpaired) electrons. The largest absolute Gasteiger partial charge is 0.373 e. The van der Waals surface area contributed by atoms with Gasteiger partial charge in [0.25, 0.3) is 0 Å². The number of hydrogen-bond donors (Lipinski definition) is 1. The lowest BCUT2D eigenvalue weighted by molar-refractivity contribution is -0.124. The molecule has 5 heteroatoms. The SMILES string of the molecule is CC1CN(Cc2ccc(CNC(=O)C(C)Cc3cccc(F)c3)cc2)CC(C)O1. The molecule has 0 aromatic heterocycles. The van der Waals surface area contributed by atoms with E-state index in [2.05, 4.69) is 48.3 Å². The first-order chi connectivity index (χ1) is 13.9. The predicted molar refractivity (Wildman–Crippen MR) is 113 cm³/mol. The van der Waals surface area contributed by atoms with Crippen LogP contribution in [-0.2, 0) is 29.0 Å². The normalized spacial score (nSPS) is 21.0. The first-order valence-corrected chi connectivity index (χ1v) is 10.4. The van der Waals surface area contributed by atoms with Crippen LogP contribution in [0.1, 0.15) is 37.5 Å². The van der Waals surface area contributed by atoms with Crippen LogP contribution in [0.2, 0.25) is 0 Å². The van der Waals surface area contributed by atoms with E-state index in [1.54, 1.807) is 6.07 Å². The monoisotopic (exact) mass is 398 g/mol. The Bertz CT molecular complexity index is 799. The summed E-state index contributed by atoms with van der Waals surface area (Å²) >= 11 is 0. The van der Waals surface area contributed by atoms with Crippen molar-refractivity contribution in [3.63, 3.8) is 0 Å². The van der Waals surface area contributed by atoms with Gasteiger partial charge in [0.15, 0.2) is 0 Å². The number of carbonyl (C=O) groups excluding carboxylic acids is 1. The molecule has 0 saturated carbocycles. The summed E-state index contributed by atoms with van der Waals surface area (Å²) in [5.74, 6) is -0.493. The molecule has 4 nitrogen and oxygen atoms in total.